The van der Waals surface area contributed by atoms with Crippen LogP contribution in [0.4, 0.5) is 17.5 Å². The van der Waals surface area contributed by atoms with Crippen molar-refractivity contribution < 1.29 is 0 Å². The van der Waals surface area contributed by atoms with Crippen LogP contribution in [0.3, 0.4) is 0 Å². The normalized spacial score (nSPS) is 14.2. The highest BCUT2D eigenvalue weighted by atomic mass is 15.3. The van der Waals surface area contributed by atoms with Crippen molar-refractivity contribution in [1.82, 2.24) is 9.97 Å². The van der Waals surface area contributed by atoms with Crippen molar-refractivity contribution in [3.63, 3.8) is 0 Å². The van der Waals surface area contributed by atoms with Crippen molar-refractivity contribution in [1.29, 1.82) is 0 Å². The summed E-state index contributed by atoms with van der Waals surface area (Å²) >= 11 is 0. The van der Waals surface area contributed by atoms with Crippen molar-refractivity contribution in [3.05, 3.63) is 54.1 Å². The molecule has 2 N–H and O–H groups in total. The lowest BCUT2D eigenvalue weighted by Gasteiger charge is -2.29. The molecule has 2 aromatic carbocycles. The number of aromatic nitrogens is 2. The molecule has 0 saturated carbocycles. The molecule has 4 heteroatoms. The molecule has 0 aliphatic carbocycles. The lowest BCUT2D eigenvalue weighted by atomic mass is 10.0. The number of aryl methyl sites for hydroxylation is 1. The summed E-state index contributed by atoms with van der Waals surface area (Å²) in [6.45, 7) is 0.925. The van der Waals surface area contributed by atoms with Crippen LogP contribution < -0.4 is 10.6 Å². The Labute approximate surface area is 123 Å². The van der Waals surface area contributed by atoms with Gasteiger partial charge in [-0.2, -0.15) is 4.98 Å². The van der Waals surface area contributed by atoms with Crippen LogP contribution in [0.1, 0.15) is 12.0 Å². The Morgan fingerprint density at radius 2 is 1.76 bits per heavy atom. The molecule has 3 aromatic rings. The molecule has 0 atom stereocenters. The van der Waals surface area contributed by atoms with Crippen LogP contribution >= 0.6 is 0 Å². The number of hydrogen-bond acceptors (Lipinski definition) is 4. The zero-order valence-corrected chi connectivity index (χ0v) is 11.7. The van der Waals surface area contributed by atoms with E-state index in [1.165, 1.54) is 11.3 Å². The highest BCUT2D eigenvalue weighted by molar-refractivity contribution is 5.89. The molecule has 1 aliphatic heterocycles. The maximum Gasteiger partial charge on any atom is 0.232 e. The Hall–Kier alpha value is -2.62. The number of nitrogens with two attached hydrogens (primary N) is 1. The molecule has 4 nitrogen and oxygen atoms in total. The SMILES string of the molecule is Nc1nc(N2CCCc3ccccc32)nc2ccccc12. The molecule has 0 bridgehead atoms. The quantitative estimate of drug-likeness (QED) is 0.741. The summed E-state index contributed by atoms with van der Waals surface area (Å²) in [7, 11) is 0. The summed E-state index contributed by atoms with van der Waals surface area (Å²) in [6.07, 6.45) is 2.21. The van der Waals surface area contributed by atoms with Crippen molar-refractivity contribution in [2.75, 3.05) is 17.2 Å². The average molecular weight is 276 g/mol. The topological polar surface area (TPSA) is 55.0 Å². The van der Waals surface area contributed by atoms with E-state index in [0.717, 1.165) is 30.3 Å². The van der Waals surface area contributed by atoms with Crippen LogP contribution in [0.2, 0.25) is 0 Å². The fourth-order valence-electron chi connectivity index (χ4n) is 2.95. The van der Waals surface area contributed by atoms with Gasteiger partial charge in [0.2, 0.25) is 5.95 Å². The number of hydrogen-bond donors (Lipinski definition) is 1. The van der Waals surface area contributed by atoms with E-state index in [2.05, 4.69) is 34.1 Å². The van der Waals surface area contributed by atoms with E-state index in [4.69, 9.17) is 10.7 Å². The number of anilines is 3. The van der Waals surface area contributed by atoms with Gasteiger partial charge in [0.05, 0.1) is 5.52 Å². The molecule has 2 heterocycles. The molecule has 21 heavy (non-hydrogen) atoms. The van der Waals surface area contributed by atoms with E-state index < -0.39 is 0 Å². The van der Waals surface area contributed by atoms with Gasteiger partial charge in [-0.05, 0) is 36.6 Å². The van der Waals surface area contributed by atoms with Gasteiger partial charge in [0.1, 0.15) is 5.82 Å². The van der Waals surface area contributed by atoms with Crippen molar-refractivity contribution in [2.24, 2.45) is 0 Å². The Balaban J connectivity index is 1.88. The maximum absolute atomic E-state index is 6.11. The van der Waals surface area contributed by atoms with Crippen LogP contribution in [-0.2, 0) is 6.42 Å². The fourth-order valence-corrected chi connectivity index (χ4v) is 2.95. The third kappa shape index (κ3) is 2.00. The smallest absolute Gasteiger partial charge is 0.232 e. The fraction of sp³-hybridized carbons (Fsp3) is 0.176. The third-order valence-electron chi connectivity index (χ3n) is 3.97. The third-order valence-corrected chi connectivity index (χ3v) is 3.97. The number of fused-ring (bicyclic) bond motifs is 2. The number of nitrogens with zero attached hydrogens (tertiary/aromatic N) is 3. The van der Waals surface area contributed by atoms with E-state index >= 15 is 0 Å². The van der Waals surface area contributed by atoms with Crippen LogP contribution in [0, 0.1) is 0 Å². The molecule has 0 unspecified atom stereocenters. The van der Waals surface area contributed by atoms with E-state index in [9.17, 15) is 0 Å². The number of para-hydroxylation sites is 2. The van der Waals surface area contributed by atoms with Crippen LogP contribution in [0.5, 0.6) is 0 Å². The summed E-state index contributed by atoms with van der Waals surface area (Å²) in [5.74, 6) is 1.23. The van der Waals surface area contributed by atoms with E-state index in [-0.39, 0.29) is 0 Å². The second-order valence-corrected chi connectivity index (χ2v) is 5.31. The molecule has 1 aromatic heterocycles. The van der Waals surface area contributed by atoms with Crippen molar-refractivity contribution in [2.45, 2.75) is 12.8 Å². The molecule has 0 fully saturated rings. The molecular formula is C17H16N4. The first kappa shape index (κ1) is 12.1. The van der Waals surface area contributed by atoms with Crippen LogP contribution in [0.25, 0.3) is 10.9 Å². The lowest BCUT2D eigenvalue weighted by molar-refractivity contribution is 0.752. The molecule has 0 spiro atoms. The van der Waals surface area contributed by atoms with E-state index in [1.54, 1.807) is 0 Å². The predicted octanol–water partition coefficient (Wildman–Crippen LogP) is 3.30. The predicted molar refractivity (Wildman–Crippen MR) is 85.7 cm³/mol. The largest absolute Gasteiger partial charge is 0.383 e. The minimum atomic E-state index is 0.540. The molecule has 4 rings (SSSR count). The Morgan fingerprint density at radius 3 is 2.71 bits per heavy atom. The van der Waals surface area contributed by atoms with Crippen LogP contribution in [0.15, 0.2) is 48.5 Å². The van der Waals surface area contributed by atoms with Crippen molar-refractivity contribution >= 4 is 28.4 Å². The lowest BCUT2D eigenvalue weighted by Crippen LogP contribution is -2.26. The average Bonchev–Trinajstić information content (AvgIpc) is 2.54. The Kier molecular flexibility index (Phi) is 2.74. The van der Waals surface area contributed by atoms with Gasteiger partial charge in [0.25, 0.3) is 0 Å². The van der Waals surface area contributed by atoms with E-state index in [0.29, 0.717) is 11.8 Å². The zero-order chi connectivity index (χ0) is 14.2. The summed E-state index contributed by atoms with van der Waals surface area (Å²) in [6, 6.07) is 16.3. The Bertz CT molecular complexity index is 813. The highest BCUT2D eigenvalue weighted by Crippen LogP contribution is 2.32. The molecule has 104 valence electrons. The second kappa shape index (κ2) is 4.74. The summed E-state index contributed by atoms with van der Waals surface area (Å²) < 4.78 is 0. The molecule has 1 aliphatic rings. The minimum Gasteiger partial charge on any atom is -0.383 e. The minimum absolute atomic E-state index is 0.540. The van der Waals surface area contributed by atoms with Gasteiger partial charge in [-0.15, -0.1) is 0 Å². The molecule has 0 saturated heterocycles. The van der Waals surface area contributed by atoms with Crippen LogP contribution in [-0.4, -0.2) is 16.5 Å². The van der Waals surface area contributed by atoms with Gasteiger partial charge in [-0.25, -0.2) is 4.98 Å². The first-order valence-corrected chi connectivity index (χ1v) is 7.20. The molecular weight excluding hydrogens is 260 g/mol. The van der Waals surface area contributed by atoms with Gasteiger partial charge in [-0.1, -0.05) is 30.3 Å². The van der Waals surface area contributed by atoms with Gasteiger partial charge in [0, 0.05) is 17.6 Å². The summed E-state index contributed by atoms with van der Waals surface area (Å²) in [5.41, 5.74) is 9.54. The monoisotopic (exact) mass is 276 g/mol. The Morgan fingerprint density at radius 1 is 0.952 bits per heavy atom. The first-order valence-electron chi connectivity index (χ1n) is 7.20. The number of nitrogen functional groups attached to an aromatic ring is 1. The van der Waals surface area contributed by atoms with Crippen molar-refractivity contribution in [3.8, 4) is 0 Å². The number of benzene rings is 2. The van der Waals surface area contributed by atoms with Gasteiger partial charge >= 0.3 is 0 Å². The molecule has 0 amide bonds. The summed E-state index contributed by atoms with van der Waals surface area (Å²) in [4.78, 5) is 11.4. The zero-order valence-electron chi connectivity index (χ0n) is 11.7. The van der Waals surface area contributed by atoms with Gasteiger partial charge in [-0.3, -0.25) is 0 Å². The van der Waals surface area contributed by atoms with E-state index in [1.807, 2.05) is 24.3 Å². The maximum atomic E-state index is 6.11. The number of rotatable bonds is 1. The van der Waals surface area contributed by atoms with Gasteiger partial charge in [0.15, 0.2) is 0 Å². The molecule has 0 radical (unpaired) electrons. The summed E-state index contributed by atoms with van der Waals surface area (Å²) in [5, 5.41) is 0.909. The second-order valence-electron chi connectivity index (χ2n) is 5.31. The highest BCUT2D eigenvalue weighted by Gasteiger charge is 2.20. The van der Waals surface area contributed by atoms with Gasteiger partial charge < -0.3 is 10.6 Å². The standard InChI is InChI=1S/C17H16N4/c18-16-13-8-2-3-9-14(13)19-17(20-16)21-11-5-7-12-6-1-4-10-15(12)21/h1-4,6,8-10H,5,7,11H2,(H2,18,19,20). The first-order chi connectivity index (χ1) is 10.3.